The number of aryl methyl sites for hydroxylation is 2. The number of carbonyl (C=O) groups excluding carboxylic acids is 1. The minimum Gasteiger partial charge on any atom is -0.392 e. The van der Waals surface area contributed by atoms with Gasteiger partial charge in [0, 0.05) is 20.1 Å². The Morgan fingerprint density at radius 3 is 2.78 bits per heavy atom. The topological polar surface area (TPSA) is 70.4 Å². The van der Waals surface area contributed by atoms with E-state index in [0.717, 1.165) is 30.0 Å². The standard InChI is InChI=1S/C12H20N4O2/c1-8-12(9(2)15(3)14-8)13-11(18)7-16-5-4-10(17)6-16/h10,17H,4-7H2,1-3H3,(H,13,18). The molecule has 0 saturated carbocycles. The zero-order chi connectivity index (χ0) is 13.3. The van der Waals surface area contributed by atoms with Gasteiger partial charge >= 0.3 is 0 Å². The first-order chi connectivity index (χ1) is 8.47. The predicted octanol–water partition coefficient (Wildman–Crippen LogP) is 0.0420. The molecule has 0 radical (unpaired) electrons. The second-order valence-corrected chi connectivity index (χ2v) is 4.90. The summed E-state index contributed by atoms with van der Waals surface area (Å²) in [5, 5.41) is 16.6. The van der Waals surface area contributed by atoms with Gasteiger partial charge in [0.1, 0.15) is 0 Å². The number of rotatable bonds is 3. The maximum Gasteiger partial charge on any atom is 0.238 e. The van der Waals surface area contributed by atoms with E-state index >= 15 is 0 Å². The monoisotopic (exact) mass is 252 g/mol. The molecule has 1 amide bonds. The first-order valence-electron chi connectivity index (χ1n) is 6.18. The second-order valence-electron chi connectivity index (χ2n) is 4.90. The van der Waals surface area contributed by atoms with Crippen molar-refractivity contribution in [3.05, 3.63) is 11.4 Å². The molecule has 0 aliphatic carbocycles. The van der Waals surface area contributed by atoms with E-state index in [2.05, 4.69) is 10.4 Å². The lowest BCUT2D eigenvalue weighted by molar-refractivity contribution is -0.117. The van der Waals surface area contributed by atoms with E-state index in [9.17, 15) is 9.90 Å². The summed E-state index contributed by atoms with van der Waals surface area (Å²) < 4.78 is 1.75. The lowest BCUT2D eigenvalue weighted by Crippen LogP contribution is -2.32. The zero-order valence-corrected chi connectivity index (χ0v) is 11.1. The van der Waals surface area contributed by atoms with Gasteiger partial charge in [-0.15, -0.1) is 0 Å². The molecule has 1 unspecified atom stereocenters. The molecule has 0 bridgehead atoms. The summed E-state index contributed by atoms with van der Waals surface area (Å²) in [6.07, 6.45) is 0.456. The summed E-state index contributed by atoms with van der Waals surface area (Å²) in [5.41, 5.74) is 2.56. The number of aliphatic hydroxyl groups excluding tert-OH is 1. The van der Waals surface area contributed by atoms with Gasteiger partial charge in [-0.05, 0) is 20.3 Å². The average molecular weight is 252 g/mol. The summed E-state index contributed by atoms with van der Waals surface area (Å²) in [5.74, 6) is -0.0525. The van der Waals surface area contributed by atoms with Crippen molar-refractivity contribution < 1.29 is 9.90 Å². The Morgan fingerprint density at radius 1 is 1.56 bits per heavy atom. The molecule has 1 aromatic rings. The van der Waals surface area contributed by atoms with Crippen molar-refractivity contribution >= 4 is 11.6 Å². The van der Waals surface area contributed by atoms with Gasteiger partial charge in [-0.2, -0.15) is 5.10 Å². The fourth-order valence-corrected chi connectivity index (χ4v) is 2.29. The molecule has 0 spiro atoms. The molecule has 6 heteroatoms. The molecule has 6 nitrogen and oxygen atoms in total. The van der Waals surface area contributed by atoms with Gasteiger partial charge < -0.3 is 10.4 Å². The fourth-order valence-electron chi connectivity index (χ4n) is 2.29. The Balaban J connectivity index is 1.95. The van der Waals surface area contributed by atoms with Crippen LogP contribution in [-0.4, -0.2) is 51.4 Å². The van der Waals surface area contributed by atoms with E-state index in [-0.39, 0.29) is 12.0 Å². The number of amides is 1. The van der Waals surface area contributed by atoms with Crippen LogP contribution in [0.1, 0.15) is 17.8 Å². The van der Waals surface area contributed by atoms with Crippen molar-refractivity contribution in [2.75, 3.05) is 25.0 Å². The van der Waals surface area contributed by atoms with Crippen LogP contribution < -0.4 is 5.32 Å². The molecule has 1 fully saturated rings. The molecule has 0 aromatic carbocycles. The van der Waals surface area contributed by atoms with E-state index < -0.39 is 0 Å². The number of likely N-dealkylation sites (tertiary alicyclic amines) is 1. The van der Waals surface area contributed by atoms with E-state index in [0.29, 0.717) is 13.1 Å². The number of hydrogen-bond acceptors (Lipinski definition) is 4. The van der Waals surface area contributed by atoms with Crippen LogP contribution in [0.5, 0.6) is 0 Å². The summed E-state index contributed by atoms with van der Waals surface area (Å²) in [7, 11) is 1.86. The van der Waals surface area contributed by atoms with Crippen LogP contribution in [0.3, 0.4) is 0 Å². The Kier molecular flexibility index (Phi) is 3.68. The molecule has 100 valence electrons. The van der Waals surface area contributed by atoms with Crippen molar-refractivity contribution in [3.8, 4) is 0 Å². The maximum atomic E-state index is 11.9. The van der Waals surface area contributed by atoms with Gasteiger partial charge in [0.15, 0.2) is 0 Å². The van der Waals surface area contributed by atoms with E-state index in [1.165, 1.54) is 0 Å². The Bertz CT molecular complexity index is 455. The van der Waals surface area contributed by atoms with Crippen molar-refractivity contribution in [2.45, 2.75) is 26.4 Å². The first-order valence-corrected chi connectivity index (χ1v) is 6.18. The highest BCUT2D eigenvalue weighted by atomic mass is 16.3. The van der Waals surface area contributed by atoms with Crippen molar-refractivity contribution in [3.63, 3.8) is 0 Å². The molecule has 1 saturated heterocycles. The molecule has 1 aromatic heterocycles. The molecule has 1 aliphatic heterocycles. The van der Waals surface area contributed by atoms with Gasteiger partial charge in [0.2, 0.25) is 5.91 Å². The quantitative estimate of drug-likeness (QED) is 0.797. The van der Waals surface area contributed by atoms with Gasteiger partial charge in [-0.3, -0.25) is 14.4 Å². The van der Waals surface area contributed by atoms with Gasteiger partial charge in [0.05, 0.1) is 29.7 Å². The highest BCUT2D eigenvalue weighted by molar-refractivity contribution is 5.93. The molecule has 1 aliphatic rings. The Morgan fingerprint density at radius 2 is 2.28 bits per heavy atom. The summed E-state index contributed by atoms with van der Waals surface area (Å²) >= 11 is 0. The first kappa shape index (κ1) is 13.0. The molecule has 2 rings (SSSR count). The molecular formula is C12H20N4O2. The molecule has 18 heavy (non-hydrogen) atoms. The Hall–Kier alpha value is -1.40. The highest BCUT2D eigenvalue weighted by Crippen LogP contribution is 2.18. The number of nitrogens with one attached hydrogen (secondary N) is 1. The second kappa shape index (κ2) is 5.07. The van der Waals surface area contributed by atoms with Crippen LogP contribution >= 0.6 is 0 Å². The van der Waals surface area contributed by atoms with Crippen LogP contribution in [0.15, 0.2) is 0 Å². The summed E-state index contributed by atoms with van der Waals surface area (Å²) in [6, 6.07) is 0. The lowest BCUT2D eigenvalue weighted by atomic mass is 10.3. The normalized spacial score (nSPS) is 20.3. The van der Waals surface area contributed by atoms with Crippen LogP contribution in [0.4, 0.5) is 5.69 Å². The van der Waals surface area contributed by atoms with E-state index in [1.54, 1.807) is 4.68 Å². The highest BCUT2D eigenvalue weighted by Gasteiger charge is 2.22. The number of anilines is 1. The molecule has 2 heterocycles. The average Bonchev–Trinajstić information content (AvgIpc) is 2.78. The van der Waals surface area contributed by atoms with Gasteiger partial charge in [-0.25, -0.2) is 0 Å². The summed E-state index contributed by atoms with van der Waals surface area (Å²) in [4.78, 5) is 13.9. The number of aromatic nitrogens is 2. The number of aliphatic hydroxyl groups is 1. The zero-order valence-electron chi connectivity index (χ0n) is 11.1. The number of carbonyl (C=O) groups is 1. The van der Waals surface area contributed by atoms with Crippen LogP contribution in [-0.2, 0) is 11.8 Å². The Labute approximate surface area is 107 Å². The van der Waals surface area contributed by atoms with Crippen molar-refractivity contribution in [2.24, 2.45) is 7.05 Å². The maximum absolute atomic E-state index is 11.9. The number of hydrogen-bond donors (Lipinski definition) is 2. The molecule has 1 atom stereocenters. The summed E-state index contributed by atoms with van der Waals surface area (Å²) in [6.45, 7) is 5.49. The minimum absolute atomic E-state index is 0.0525. The fraction of sp³-hybridized carbons (Fsp3) is 0.667. The minimum atomic E-state index is -0.292. The molecular weight excluding hydrogens is 232 g/mol. The van der Waals surface area contributed by atoms with Gasteiger partial charge in [-0.1, -0.05) is 0 Å². The van der Waals surface area contributed by atoms with Crippen LogP contribution in [0.2, 0.25) is 0 Å². The number of nitrogens with zero attached hydrogens (tertiary/aromatic N) is 3. The third-order valence-corrected chi connectivity index (χ3v) is 3.39. The SMILES string of the molecule is Cc1nn(C)c(C)c1NC(=O)CN1CCC(O)C1. The van der Waals surface area contributed by atoms with Gasteiger partial charge in [0.25, 0.3) is 0 Å². The largest absolute Gasteiger partial charge is 0.392 e. The lowest BCUT2D eigenvalue weighted by Gasteiger charge is -2.14. The van der Waals surface area contributed by atoms with Crippen LogP contribution in [0, 0.1) is 13.8 Å². The van der Waals surface area contributed by atoms with Crippen LogP contribution in [0.25, 0.3) is 0 Å². The smallest absolute Gasteiger partial charge is 0.238 e. The molecule has 2 N–H and O–H groups in total. The predicted molar refractivity (Wildman–Crippen MR) is 68.4 cm³/mol. The van der Waals surface area contributed by atoms with Crippen molar-refractivity contribution in [1.82, 2.24) is 14.7 Å². The van der Waals surface area contributed by atoms with E-state index in [1.807, 2.05) is 25.8 Å². The number of β-amino-alcohol motifs (C(OH)–C–C–N with tert-alkyl or cyclic N) is 1. The van der Waals surface area contributed by atoms with Crippen molar-refractivity contribution in [1.29, 1.82) is 0 Å². The van der Waals surface area contributed by atoms with E-state index in [4.69, 9.17) is 0 Å². The third-order valence-electron chi connectivity index (χ3n) is 3.39. The third kappa shape index (κ3) is 2.70.